The van der Waals surface area contributed by atoms with Gasteiger partial charge in [0.1, 0.15) is 15.8 Å². The van der Waals surface area contributed by atoms with Crippen molar-refractivity contribution in [1.29, 1.82) is 5.26 Å². The van der Waals surface area contributed by atoms with Crippen LogP contribution in [0.25, 0.3) is 0 Å². The first-order valence-electron chi connectivity index (χ1n) is 9.41. The summed E-state index contributed by atoms with van der Waals surface area (Å²) in [5.41, 5.74) is 0. The molecule has 0 aliphatic rings. The van der Waals surface area contributed by atoms with E-state index < -0.39 is 66.1 Å². The van der Waals surface area contributed by atoms with Gasteiger partial charge in [0, 0.05) is 0 Å². The molecule has 1 N–H and O–H groups in total. The van der Waals surface area contributed by atoms with Gasteiger partial charge >= 0.3 is 30.2 Å². The predicted octanol–water partition coefficient (Wildman–Crippen LogP) is 5.75. The molecule has 0 saturated carbocycles. The Morgan fingerprint density at radius 2 is 1.03 bits per heavy atom. The number of hydrogen-bond donors (Lipinski definition) is 1. The molecule has 7 nitrogen and oxygen atoms in total. The quantitative estimate of drug-likeness (QED) is 0.217. The number of nitriles is 1. The van der Waals surface area contributed by atoms with E-state index in [-0.39, 0.29) is 19.5 Å². The normalized spacial score (nSPS) is 12.1. The molecule has 19 heteroatoms. The van der Waals surface area contributed by atoms with Gasteiger partial charge in [-0.3, -0.25) is 19.2 Å². The minimum Gasteiger partial charge on any atom is -0.477 e. The van der Waals surface area contributed by atoms with E-state index in [1.165, 1.54) is 6.07 Å². The van der Waals surface area contributed by atoms with Gasteiger partial charge in [0.25, 0.3) is 0 Å². The fourth-order valence-corrected chi connectivity index (χ4v) is 3.68. The lowest BCUT2D eigenvalue weighted by Crippen LogP contribution is -2.44. The van der Waals surface area contributed by atoms with Crippen molar-refractivity contribution in [3.63, 3.8) is 0 Å². The van der Waals surface area contributed by atoms with Gasteiger partial charge in [0.15, 0.2) is 11.6 Å². The number of hydrogen-bond acceptors (Lipinski definition) is 8. The maximum absolute atomic E-state index is 12.6. The smallest absolute Gasteiger partial charge is 0.461 e. The molecule has 0 radical (unpaired) electrons. The molecule has 2 aromatic heterocycles. The van der Waals surface area contributed by atoms with Gasteiger partial charge in [-0.15, -0.1) is 22.7 Å². The number of halogens is 10. The summed E-state index contributed by atoms with van der Waals surface area (Å²) >= 11 is 0.994. The molecule has 0 spiro atoms. The summed E-state index contributed by atoms with van der Waals surface area (Å²) in [6.07, 6.45) is -15.3. The second kappa shape index (κ2) is 12.0. The summed E-state index contributed by atoms with van der Waals surface area (Å²) in [6.45, 7) is 0. The molecule has 0 unspecified atom stereocenters. The summed E-state index contributed by atoms with van der Waals surface area (Å²) in [5.74, 6) is -20.1. The first kappa shape index (κ1) is 33.4. The van der Waals surface area contributed by atoms with Gasteiger partial charge < -0.3 is 5.11 Å². The molecule has 0 amide bonds. The fourth-order valence-electron chi connectivity index (χ4n) is 2.15. The monoisotopic (exact) mass is 613 g/mol. The number of carboxylic acid groups (broad SMARTS) is 1. The number of nitrogens with zero attached hydrogens (tertiary/aromatic N) is 1. The first-order valence-corrected chi connectivity index (χ1v) is 11.0. The maximum Gasteiger partial charge on any atom is 0.461 e. The summed E-state index contributed by atoms with van der Waals surface area (Å²) in [4.78, 5) is 54.0. The zero-order valence-electron chi connectivity index (χ0n) is 18.3. The molecule has 0 bridgehead atoms. The van der Waals surface area contributed by atoms with Gasteiger partial charge in [-0.2, -0.15) is 49.2 Å². The summed E-state index contributed by atoms with van der Waals surface area (Å²) < 4.78 is 122. The van der Waals surface area contributed by atoms with Crippen molar-refractivity contribution in [2.24, 2.45) is 0 Å². The zero-order valence-corrected chi connectivity index (χ0v) is 19.9. The van der Waals surface area contributed by atoms with Crippen LogP contribution in [0.15, 0.2) is 24.3 Å². The molecule has 0 atom stereocenters. The third-order valence-electron chi connectivity index (χ3n) is 4.14. The lowest BCUT2D eigenvalue weighted by molar-refractivity contribution is -0.268. The molecular formula is C20H9F10NO6S2. The van der Waals surface area contributed by atoms with E-state index in [2.05, 4.69) is 0 Å². The number of thiophene rings is 2. The van der Waals surface area contributed by atoms with Gasteiger partial charge in [0.2, 0.25) is 11.6 Å². The van der Waals surface area contributed by atoms with Crippen molar-refractivity contribution < 1.29 is 73.0 Å². The van der Waals surface area contributed by atoms with Crippen LogP contribution in [0.5, 0.6) is 0 Å². The van der Waals surface area contributed by atoms with Crippen LogP contribution in [-0.2, 0) is 9.59 Å². The fraction of sp³-hybridized carbons (Fsp3) is 0.300. The molecular weight excluding hydrogens is 604 g/mol. The van der Waals surface area contributed by atoms with Crippen LogP contribution in [0.1, 0.15) is 46.7 Å². The van der Waals surface area contributed by atoms with E-state index in [1.54, 1.807) is 6.07 Å². The second-order valence-electron chi connectivity index (χ2n) is 6.94. The highest BCUT2D eigenvalue weighted by Crippen LogP contribution is 2.38. The zero-order chi connectivity index (χ0) is 30.6. The van der Waals surface area contributed by atoms with Gasteiger partial charge in [-0.25, -0.2) is 4.79 Å². The van der Waals surface area contributed by atoms with Crippen LogP contribution in [0.3, 0.4) is 0 Å². The van der Waals surface area contributed by atoms with E-state index in [9.17, 15) is 67.9 Å². The molecule has 2 aromatic rings. The predicted molar refractivity (Wildman–Crippen MR) is 110 cm³/mol. The number of aromatic carboxylic acids is 1. The minimum absolute atomic E-state index is 0.0818. The van der Waals surface area contributed by atoms with Crippen LogP contribution in [0.2, 0.25) is 0 Å². The lowest BCUT2D eigenvalue weighted by Gasteiger charge is -2.17. The van der Waals surface area contributed by atoms with Gasteiger partial charge in [0.05, 0.1) is 22.6 Å². The van der Waals surface area contributed by atoms with Crippen LogP contribution in [-0.4, -0.2) is 58.4 Å². The molecule has 0 aliphatic heterocycles. The molecule has 39 heavy (non-hydrogen) atoms. The number of Topliss-reactive ketones (excluding diaryl/α,β-unsaturated/α-hetero) is 4. The molecule has 2 rings (SSSR count). The van der Waals surface area contributed by atoms with Crippen LogP contribution < -0.4 is 0 Å². The number of alkyl halides is 10. The number of carbonyl (C=O) groups is 5. The van der Waals surface area contributed by atoms with Crippen LogP contribution in [0.4, 0.5) is 43.9 Å². The molecule has 0 fully saturated rings. The van der Waals surface area contributed by atoms with E-state index in [1.807, 2.05) is 0 Å². The van der Waals surface area contributed by atoms with Crippen molar-refractivity contribution in [3.05, 3.63) is 43.8 Å². The highest BCUT2D eigenvalue weighted by atomic mass is 32.1. The number of ketones is 4. The van der Waals surface area contributed by atoms with Crippen molar-refractivity contribution in [2.45, 2.75) is 37.0 Å². The van der Waals surface area contributed by atoms with Crippen molar-refractivity contribution in [2.75, 3.05) is 0 Å². The van der Waals surface area contributed by atoms with E-state index in [4.69, 9.17) is 10.4 Å². The number of carboxylic acids is 1. The van der Waals surface area contributed by atoms with E-state index >= 15 is 0 Å². The van der Waals surface area contributed by atoms with Crippen LogP contribution >= 0.6 is 22.7 Å². The molecule has 0 aliphatic carbocycles. The third-order valence-corrected chi connectivity index (χ3v) is 6.28. The standard InChI is InChI=1S/C10H4F5NO2S.C10H5F5O4S/c11-9(12,10(13,14)15)8(18)3-6(17)7-2-1-5(4-16)19-7;11-9(12,10(13,14)15)7(17)3-4(16)5-1-2-6(20-5)8(18)19/h1-2H,3H2;1-2H,3H2,(H,18,19). The Morgan fingerprint density at radius 1 is 0.667 bits per heavy atom. The van der Waals surface area contributed by atoms with Crippen molar-refractivity contribution in [3.8, 4) is 6.07 Å². The number of rotatable bonds is 9. The Balaban J connectivity index is 0.000000391. The second-order valence-corrected chi connectivity index (χ2v) is 9.10. The molecule has 212 valence electrons. The summed E-state index contributed by atoms with van der Waals surface area (Å²) in [5, 5.41) is 17.0. The van der Waals surface area contributed by atoms with Crippen molar-refractivity contribution >= 4 is 51.8 Å². The maximum atomic E-state index is 12.6. The highest BCUT2D eigenvalue weighted by Gasteiger charge is 2.63. The molecule has 0 aromatic carbocycles. The lowest BCUT2D eigenvalue weighted by atomic mass is 10.1. The summed E-state index contributed by atoms with van der Waals surface area (Å²) in [7, 11) is 0. The van der Waals surface area contributed by atoms with E-state index in [0.717, 1.165) is 18.2 Å². The highest BCUT2D eigenvalue weighted by molar-refractivity contribution is 7.16. The van der Waals surface area contributed by atoms with Gasteiger partial charge in [-0.05, 0) is 24.3 Å². The van der Waals surface area contributed by atoms with Crippen LogP contribution in [0, 0.1) is 11.3 Å². The molecule has 0 saturated heterocycles. The van der Waals surface area contributed by atoms with E-state index in [0.29, 0.717) is 22.7 Å². The van der Waals surface area contributed by atoms with Gasteiger partial charge in [-0.1, -0.05) is 0 Å². The Kier molecular flexibility index (Phi) is 10.3. The average molecular weight is 613 g/mol. The summed E-state index contributed by atoms with van der Waals surface area (Å²) in [6, 6.07) is 5.87. The average Bonchev–Trinajstić information content (AvgIpc) is 3.48. The Bertz CT molecular complexity index is 1320. The molecule has 2 heterocycles. The number of carbonyl (C=O) groups excluding carboxylic acids is 4. The largest absolute Gasteiger partial charge is 0.477 e. The topological polar surface area (TPSA) is 129 Å². The Morgan fingerprint density at radius 3 is 1.33 bits per heavy atom. The van der Waals surface area contributed by atoms with Crippen molar-refractivity contribution in [1.82, 2.24) is 0 Å². The minimum atomic E-state index is -6.08. The first-order chi connectivity index (χ1) is 17.6. The third kappa shape index (κ3) is 8.16. The Labute approximate surface area is 217 Å². The Hall–Kier alpha value is -3.66. The SMILES string of the molecule is N#Cc1ccc(C(=O)CC(=O)C(F)(F)C(F)(F)F)s1.O=C(O)c1ccc(C(=O)CC(=O)C(F)(F)C(F)(F)F)s1.